The van der Waals surface area contributed by atoms with Crippen molar-refractivity contribution in [2.75, 3.05) is 7.11 Å². The van der Waals surface area contributed by atoms with Crippen LogP contribution >= 0.6 is 0 Å². The Kier molecular flexibility index (Phi) is 6.38. The molecule has 1 heterocycles. The highest BCUT2D eigenvalue weighted by molar-refractivity contribution is 5.95. The number of nitrogens with one attached hydrogen (secondary N) is 1. The van der Waals surface area contributed by atoms with Crippen molar-refractivity contribution in [3.63, 3.8) is 0 Å². The molecule has 0 spiro atoms. The first-order valence-corrected chi connectivity index (χ1v) is 8.65. The fourth-order valence-electron chi connectivity index (χ4n) is 2.89. The van der Waals surface area contributed by atoms with Gasteiger partial charge in [0.2, 0.25) is 0 Å². The lowest BCUT2D eigenvalue weighted by molar-refractivity contribution is -0.139. The van der Waals surface area contributed by atoms with E-state index in [2.05, 4.69) is 24.3 Å². The van der Waals surface area contributed by atoms with Crippen LogP contribution in [0, 0.1) is 6.92 Å². The van der Waals surface area contributed by atoms with E-state index in [1.807, 2.05) is 11.6 Å². The molecule has 0 saturated carbocycles. The van der Waals surface area contributed by atoms with E-state index in [1.54, 1.807) is 30.3 Å². The summed E-state index contributed by atoms with van der Waals surface area (Å²) in [6.45, 7) is 6.03. The Balaban J connectivity index is 2.22. The summed E-state index contributed by atoms with van der Waals surface area (Å²) >= 11 is 0. The first-order valence-electron chi connectivity index (χ1n) is 8.65. The Labute approximate surface area is 153 Å². The van der Waals surface area contributed by atoms with Gasteiger partial charge in [-0.15, -0.1) is 0 Å². The Morgan fingerprint density at radius 3 is 2.35 bits per heavy atom. The molecule has 0 saturated heterocycles. The molecule has 0 fully saturated rings. The summed E-state index contributed by atoms with van der Waals surface area (Å²) in [6.07, 6.45) is 1.81. The fraction of sp³-hybridized carbons (Fsp3) is 0.421. The molecule has 0 radical (unpaired) electrons. The zero-order valence-electron chi connectivity index (χ0n) is 15.5. The molecule has 7 nitrogen and oxygen atoms in total. The maximum absolute atomic E-state index is 12.5. The van der Waals surface area contributed by atoms with Crippen LogP contribution in [0.5, 0.6) is 5.75 Å². The number of amides is 1. The van der Waals surface area contributed by atoms with Gasteiger partial charge in [-0.3, -0.25) is 9.48 Å². The zero-order chi connectivity index (χ0) is 19.3. The first kappa shape index (κ1) is 19.5. The second-order valence-corrected chi connectivity index (χ2v) is 6.10. The third kappa shape index (κ3) is 4.22. The average molecular weight is 359 g/mol. The maximum Gasteiger partial charge on any atom is 0.330 e. The van der Waals surface area contributed by atoms with Gasteiger partial charge in [0.1, 0.15) is 11.4 Å². The topological polar surface area (TPSA) is 93.5 Å². The molecule has 2 N–H and O–H groups in total. The van der Waals surface area contributed by atoms with Crippen molar-refractivity contribution in [2.24, 2.45) is 0 Å². The van der Waals surface area contributed by atoms with E-state index in [1.165, 1.54) is 7.11 Å². The number of rotatable bonds is 8. The predicted octanol–water partition coefficient (Wildman–Crippen LogP) is 3.12. The summed E-state index contributed by atoms with van der Waals surface area (Å²) in [7, 11) is 1.53. The summed E-state index contributed by atoms with van der Waals surface area (Å²) in [5.41, 5.74) is 1.55. The van der Waals surface area contributed by atoms with Crippen molar-refractivity contribution in [3.8, 4) is 5.75 Å². The number of aliphatic carboxylic acids is 1. The van der Waals surface area contributed by atoms with Crippen LogP contribution in [0.3, 0.4) is 0 Å². The number of carbonyl (C=O) groups excluding carboxylic acids is 1. The molecule has 0 bridgehead atoms. The molecule has 1 aromatic heterocycles. The number of hydrogen-bond acceptors (Lipinski definition) is 4. The summed E-state index contributed by atoms with van der Waals surface area (Å²) in [4.78, 5) is 24.2. The van der Waals surface area contributed by atoms with E-state index >= 15 is 0 Å². The van der Waals surface area contributed by atoms with E-state index < -0.39 is 17.9 Å². The van der Waals surface area contributed by atoms with Crippen LogP contribution in [0.1, 0.15) is 60.5 Å². The van der Waals surface area contributed by atoms with Crippen molar-refractivity contribution in [1.82, 2.24) is 15.1 Å². The van der Waals surface area contributed by atoms with Crippen molar-refractivity contribution in [2.45, 2.75) is 45.7 Å². The van der Waals surface area contributed by atoms with E-state index in [0.717, 1.165) is 18.5 Å². The predicted molar refractivity (Wildman–Crippen MR) is 97.4 cm³/mol. The lowest BCUT2D eigenvalue weighted by Crippen LogP contribution is -2.34. The number of methoxy groups -OCH3 is 1. The Bertz CT molecular complexity index is 764. The number of nitrogens with zero attached hydrogens (tertiary/aromatic N) is 2. The minimum atomic E-state index is -1.16. The van der Waals surface area contributed by atoms with Gasteiger partial charge < -0.3 is 15.2 Å². The van der Waals surface area contributed by atoms with Crippen LogP contribution in [0.25, 0.3) is 0 Å². The second-order valence-electron chi connectivity index (χ2n) is 6.10. The van der Waals surface area contributed by atoms with Gasteiger partial charge in [-0.25, -0.2) is 4.79 Å². The smallest absolute Gasteiger partial charge is 0.330 e. The van der Waals surface area contributed by atoms with Crippen molar-refractivity contribution in [1.29, 1.82) is 0 Å². The van der Waals surface area contributed by atoms with Crippen LogP contribution in [-0.4, -0.2) is 33.9 Å². The van der Waals surface area contributed by atoms with Gasteiger partial charge in [-0.1, -0.05) is 26.0 Å². The molecule has 0 aliphatic rings. The standard InChI is InChI=1S/C19H25N3O4/c1-5-14(6-2)22-12(3)11-16(21-22)18(23)20-17(19(24)25)13-7-9-15(26-4)10-8-13/h7-11,14,17H,5-6H2,1-4H3,(H,20,23)(H,24,25). The molecular formula is C19H25N3O4. The minimum absolute atomic E-state index is 0.216. The highest BCUT2D eigenvalue weighted by Crippen LogP contribution is 2.20. The minimum Gasteiger partial charge on any atom is -0.497 e. The van der Waals surface area contributed by atoms with Crippen LogP contribution in [0.4, 0.5) is 0 Å². The van der Waals surface area contributed by atoms with Crippen molar-refractivity contribution >= 4 is 11.9 Å². The van der Waals surface area contributed by atoms with Gasteiger partial charge in [0.05, 0.1) is 13.2 Å². The highest BCUT2D eigenvalue weighted by atomic mass is 16.5. The molecule has 2 aromatic rings. The molecule has 0 aliphatic carbocycles. The molecule has 1 amide bonds. The quantitative estimate of drug-likeness (QED) is 0.755. The van der Waals surface area contributed by atoms with Crippen LogP contribution in [0.2, 0.25) is 0 Å². The summed E-state index contributed by atoms with van der Waals surface area (Å²) in [5, 5.41) is 16.4. The largest absolute Gasteiger partial charge is 0.497 e. The molecule has 1 atom stereocenters. The van der Waals surface area contributed by atoms with Crippen LogP contribution < -0.4 is 10.1 Å². The monoisotopic (exact) mass is 359 g/mol. The van der Waals surface area contributed by atoms with Gasteiger partial charge in [-0.2, -0.15) is 5.10 Å². The second kappa shape index (κ2) is 8.51. The van der Waals surface area contributed by atoms with E-state index in [0.29, 0.717) is 11.3 Å². The molecule has 0 aliphatic heterocycles. The number of ether oxygens (including phenoxy) is 1. The number of carbonyl (C=O) groups is 2. The maximum atomic E-state index is 12.5. The molecule has 1 aromatic carbocycles. The average Bonchev–Trinajstić information content (AvgIpc) is 3.02. The Morgan fingerprint density at radius 1 is 1.23 bits per heavy atom. The Morgan fingerprint density at radius 2 is 1.85 bits per heavy atom. The zero-order valence-corrected chi connectivity index (χ0v) is 15.5. The molecule has 140 valence electrons. The third-order valence-corrected chi connectivity index (χ3v) is 4.41. The molecule has 7 heteroatoms. The lowest BCUT2D eigenvalue weighted by Gasteiger charge is -2.15. The number of aryl methyl sites for hydroxylation is 1. The number of carboxylic acid groups (broad SMARTS) is 1. The van der Waals surface area contributed by atoms with Gasteiger partial charge in [0, 0.05) is 5.69 Å². The molecular weight excluding hydrogens is 334 g/mol. The van der Waals surface area contributed by atoms with E-state index in [4.69, 9.17) is 4.74 Å². The summed E-state index contributed by atoms with van der Waals surface area (Å²) in [5.74, 6) is -1.04. The van der Waals surface area contributed by atoms with Crippen molar-refractivity contribution < 1.29 is 19.4 Å². The molecule has 1 unspecified atom stereocenters. The first-order chi connectivity index (χ1) is 12.4. The van der Waals surface area contributed by atoms with Gasteiger partial charge in [-0.05, 0) is 43.5 Å². The van der Waals surface area contributed by atoms with Gasteiger partial charge in [0.25, 0.3) is 5.91 Å². The SMILES string of the molecule is CCC(CC)n1nc(C(=O)NC(C(=O)O)c2ccc(OC)cc2)cc1C. The van der Waals surface area contributed by atoms with Crippen molar-refractivity contribution in [3.05, 3.63) is 47.3 Å². The lowest BCUT2D eigenvalue weighted by atomic mass is 10.1. The van der Waals surface area contributed by atoms with Crippen LogP contribution in [-0.2, 0) is 4.79 Å². The number of hydrogen-bond donors (Lipinski definition) is 2. The number of aromatic nitrogens is 2. The van der Waals surface area contributed by atoms with Gasteiger partial charge >= 0.3 is 5.97 Å². The van der Waals surface area contributed by atoms with Gasteiger partial charge in [0.15, 0.2) is 6.04 Å². The molecule has 26 heavy (non-hydrogen) atoms. The molecule has 2 rings (SSSR count). The third-order valence-electron chi connectivity index (χ3n) is 4.41. The summed E-state index contributed by atoms with van der Waals surface area (Å²) < 4.78 is 6.90. The number of carboxylic acids is 1. The fourth-order valence-corrected chi connectivity index (χ4v) is 2.89. The number of benzene rings is 1. The van der Waals surface area contributed by atoms with E-state index in [-0.39, 0.29) is 11.7 Å². The van der Waals surface area contributed by atoms with E-state index in [9.17, 15) is 14.7 Å². The Hall–Kier alpha value is -2.83. The normalized spacial score (nSPS) is 12.0. The van der Waals surface area contributed by atoms with Crippen LogP contribution in [0.15, 0.2) is 30.3 Å². The summed E-state index contributed by atoms with van der Waals surface area (Å²) in [6, 6.07) is 7.28. The highest BCUT2D eigenvalue weighted by Gasteiger charge is 2.25.